The molecule has 1 saturated heterocycles. The molecule has 0 spiro atoms. The lowest BCUT2D eigenvalue weighted by atomic mass is 10.1. The van der Waals surface area contributed by atoms with Crippen molar-refractivity contribution in [2.75, 3.05) is 13.1 Å². The van der Waals surface area contributed by atoms with E-state index in [-0.39, 0.29) is 30.5 Å². The highest BCUT2D eigenvalue weighted by atomic mass is 35.5. The van der Waals surface area contributed by atoms with Gasteiger partial charge in [-0.1, -0.05) is 18.2 Å². The molecular weight excluding hydrogens is 276 g/mol. The lowest BCUT2D eigenvalue weighted by molar-refractivity contribution is -0.133. The van der Waals surface area contributed by atoms with Crippen LogP contribution in [-0.4, -0.2) is 36.0 Å². The van der Waals surface area contributed by atoms with E-state index in [9.17, 15) is 4.79 Å². The van der Waals surface area contributed by atoms with Gasteiger partial charge in [0.25, 0.3) is 0 Å². The van der Waals surface area contributed by atoms with E-state index < -0.39 is 0 Å². The van der Waals surface area contributed by atoms with Crippen molar-refractivity contribution < 1.29 is 9.53 Å². The third kappa shape index (κ3) is 5.02. The van der Waals surface area contributed by atoms with Gasteiger partial charge in [0.15, 0.2) is 0 Å². The summed E-state index contributed by atoms with van der Waals surface area (Å²) in [4.78, 5) is 13.8. The predicted octanol–water partition coefficient (Wildman–Crippen LogP) is 2.22. The van der Waals surface area contributed by atoms with E-state index >= 15 is 0 Å². The molecule has 1 atom stereocenters. The molecule has 1 unspecified atom stereocenters. The van der Waals surface area contributed by atoms with E-state index in [1.807, 2.05) is 42.2 Å². The van der Waals surface area contributed by atoms with Gasteiger partial charge < -0.3 is 15.4 Å². The lowest BCUT2D eigenvalue weighted by Crippen LogP contribution is -2.43. The first-order valence-electron chi connectivity index (χ1n) is 6.90. The molecule has 2 N–H and O–H groups in total. The predicted molar refractivity (Wildman–Crippen MR) is 82.2 cm³/mol. The zero-order valence-corrected chi connectivity index (χ0v) is 12.6. The summed E-state index contributed by atoms with van der Waals surface area (Å²) in [6.07, 6.45) is 2.42. The van der Waals surface area contributed by atoms with Crippen LogP contribution in [-0.2, 0) is 4.79 Å². The molecule has 1 fully saturated rings. The van der Waals surface area contributed by atoms with Gasteiger partial charge in [-0.2, -0.15) is 0 Å². The molecule has 0 bridgehead atoms. The average molecular weight is 299 g/mol. The Kier molecular flexibility index (Phi) is 6.82. The summed E-state index contributed by atoms with van der Waals surface area (Å²) < 4.78 is 5.90. The van der Waals surface area contributed by atoms with E-state index in [0.29, 0.717) is 6.42 Å². The summed E-state index contributed by atoms with van der Waals surface area (Å²) in [5.74, 6) is 1.07. The van der Waals surface area contributed by atoms with Crippen LogP contribution < -0.4 is 10.5 Å². The Morgan fingerprint density at radius 3 is 2.50 bits per heavy atom. The van der Waals surface area contributed by atoms with E-state index in [0.717, 1.165) is 31.7 Å². The molecule has 0 aromatic heterocycles. The van der Waals surface area contributed by atoms with Crippen molar-refractivity contribution in [1.82, 2.24) is 4.90 Å². The van der Waals surface area contributed by atoms with Gasteiger partial charge in [-0.05, 0) is 19.1 Å². The van der Waals surface area contributed by atoms with Gasteiger partial charge >= 0.3 is 0 Å². The molecule has 2 rings (SSSR count). The standard InChI is InChI=1S/C15H22N2O2.ClH/c1-12(16)11-15(18)17-9-7-14(8-10-17)19-13-5-3-2-4-6-13;/h2-6,12,14H,7-11,16H2,1H3;1H. The zero-order valence-electron chi connectivity index (χ0n) is 11.8. The van der Waals surface area contributed by atoms with Crippen molar-refractivity contribution in [2.24, 2.45) is 5.73 Å². The minimum Gasteiger partial charge on any atom is -0.490 e. The maximum Gasteiger partial charge on any atom is 0.224 e. The number of para-hydroxylation sites is 1. The van der Waals surface area contributed by atoms with Gasteiger partial charge in [-0.3, -0.25) is 4.79 Å². The molecule has 1 aliphatic rings. The largest absolute Gasteiger partial charge is 0.490 e. The molecule has 20 heavy (non-hydrogen) atoms. The van der Waals surface area contributed by atoms with Crippen LogP contribution in [0.5, 0.6) is 5.75 Å². The number of nitrogens with two attached hydrogens (primary N) is 1. The Morgan fingerprint density at radius 1 is 1.35 bits per heavy atom. The Bertz CT molecular complexity index is 404. The second kappa shape index (κ2) is 8.12. The van der Waals surface area contributed by atoms with Crippen molar-refractivity contribution >= 4 is 18.3 Å². The summed E-state index contributed by atoms with van der Waals surface area (Å²) in [5.41, 5.74) is 5.66. The van der Waals surface area contributed by atoms with Crippen LogP contribution in [0.15, 0.2) is 30.3 Å². The molecule has 1 amide bonds. The second-order valence-corrected chi connectivity index (χ2v) is 5.19. The number of rotatable bonds is 4. The molecule has 1 aliphatic heterocycles. The van der Waals surface area contributed by atoms with Gasteiger partial charge in [0.1, 0.15) is 11.9 Å². The van der Waals surface area contributed by atoms with Crippen LogP contribution in [0.4, 0.5) is 0 Å². The number of carbonyl (C=O) groups is 1. The molecule has 0 radical (unpaired) electrons. The molecule has 1 aromatic carbocycles. The third-order valence-electron chi connectivity index (χ3n) is 3.34. The smallest absolute Gasteiger partial charge is 0.224 e. The van der Waals surface area contributed by atoms with Crippen LogP contribution in [0, 0.1) is 0 Å². The number of hydrogen-bond donors (Lipinski definition) is 1. The first kappa shape index (κ1) is 16.8. The molecule has 4 nitrogen and oxygen atoms in total. The Morgan fingerprint density at radius 2 is 1.95 bits per heavy atom. The summed E-state index contributed by atoms with van der Waals surface area (Å²) in [7, 11) is 0. The number of hydrogen-bond acceptors (Lipinski definition) is 3. The number of ether oxygens (including phenoxy) is 1. The van der Waals surface area contributed by atoms with Crippen LogP contribution in [0.3, 0.4) is 0 Å². The SMILES string of the molecule is CC(N)CC(=O)N1CCC(Oc2ccccc2)CC1.Cl. The van der Waals surface area contributed by atoms with E-state index in [1.54, 1.807) is 0 Å². The van der Waals surface area contributed by atoms with Crippen molar-refractivity contribution in [2.45, 2.75) is 38.3 Å². The van der Waals surface area contributed by atoms with Crippen molar-refractivity contribution in [1.29, 1.82) is 0 Å². The van der Waals surface area contributed by atoms with Gasteiger partial charge in [0.05, 0.1) is 0 Å². The number of halogens is 1. The highest BCUT2D eigenvalue weighted by Gasteiger charge is 2.24. The molecule has 112 valence electrons. The van der Waals surface area contributed by atoms with E-state index in [4.69, 9.17) is 10.5 Å². The number of nitrogens with zero attached hydrogens (tertiary/aromatic N) is 1. The fourth-order valence-corrected chi connectivity index (χ4v) is 2.32. The van der Waals surface area contributed by atoms with Crippen LogP contribution >= 0.6 is 12.4 Å². The molecular formula is C15H23ClN2O2. The number of benzene rings is 1. The topological polar surface area (TPSA) is 55.6 Å². The summed E-state index contributed by atoms with van der Waals surface area (Å²) in [5, 5.41) is 0. The Labute approximate surface area is 126 Å². The van der Waals surface area contributed by atoms with E-state index in [1.165, 1.54) is 0 Å². The van der Waals surface area contributed by atoms with Crippen LogP contribution in [0.1, 0.15) is 26.2 Å². The summed E-state index contributed by atoms with van der Waals surface area (Å²) >= 11 is 0. The minimum atomic E-state index is -0.0641. The molecule has 1 heterocycles. The second-order valence-electron chi connectivity index (χ2n) is 5.19. The number of piperidine rings is 1. The van der Waals surface area contributed by atoms with Crippen molar-refractivity contribution in [3.8, 4) is 5.75 Å². The van der Waals surface area contributed by atoms with Gasteiger partial charge in [-0.25, -0.2) is 0 Å². The maximum absolute atomic E-state index is 11.9. The fraction of sp³-hybridized carbons (Fsp3) is 0.533. The zero-order chi connectivity index (χ0) is 13.7. The van der Waals surface area contributed by atoms with Crippen LogP contribution in [0.2, 0.25) is 0 Å². The summed E-state index contributed by atoms with van der Waals surface area (Å²) in [6, 6.07) is 9.78. The average Bonchev–Trinajstić information content (AvgIpc) is 2.40. The Balaban J connectivity index is 0.00000200. The number of likely N-dealkylation sites (tertiary alicyclic amines) is 1. The quantitative estimate of drug-likeness (QED) is 0.927. The van der Waals surface area contributed by atoms with Crippen LogP contribution in [0.25, 0.3) is 0 Å². The minimum absolute atomic E-state index is 0. The van der Waals surface area contributed by atoms with Crippen molar-refractivity contribution in [3.63, 3.8) is 0 Å². The number of carbonyl (C=O) groups excluding carboxylic acids is 1. The summed E-state index contributed by atoms with van der Waals surface area (Å²) in [6.45, 7) is 3.40. The molecule has 0 aliphatic carbocycles. The first-order chi connectivity index (χ1) is 9.15. The first-order valence-corrected chi connectivity index (χ1v) is 6.90. The fourth-order valence-electron chi connectivity index (χ4n) is 2.32. The molecule has 1 aromatic rings. The Hall–Kier alpha value is -1.26. The highest BCUT2D eigenvalue weighted by Crippen LogP contribution is 2.19. The highest BCUT2D eigenvalue weighted by molar-refractivity contribution is 5.85. The molecule has 5 heteroatoms. The van der Waals surface area contributed by atoms with Gasteiger partial charge in [0.2, 0.25) is 5.91 Å². The van der Waals surface area contributed by atoms with Crippen molar-refractivity contribution in [3.05, 3.63) is 30.3 Å². The van der Waals surface area contributed by atoms with E-state index in [2.05, 4.69) is 0 Å². The maximum atomic E-state index is 11.9. The monoisotopic (exact) mass is 298 g/mol. The number of amides is 1. The normalized spacial score (nSPS) is 17.2. The van der Waals surface area contributed by atoms with Gasteiger partial charge in [-0.15, -0.1) is 12.4 Å². The molecule has 0 saturated carbocycles. The van der Waals surface area contributed by atoms with Gasteiger partial charge in [0, 0.05) is 38.4 Å². The lowest BCUT2D eigenvalue weighted by Gasteiger charge is -2.32. The third-order valence-corrected chi connectivity index (χ3v) is 3.34.